The van der Waals surface area contributed by atoms with Crippen LogP contribution in [0.1, 0.15) is 6.42 Å². The molecule has 6 heteroatoms. The Labute approximate surface area is 91.4 Å². The van der Waals surface area contributed by atoms with Gasteiger partial charge in [-0.1, -0.05) is 0 Å². The molecular formula is C8H12ClN3OS. The SMILES string of the molecule is Cl.O=[S@@](c1cnccn1)[C@H]1CCNC1. The Balaban J connectivity index is 0.000000980. The van der Waals surface area contributed by atoms with Crippen molar-refractivity contribution in [2.45, 2.75) is 16.7 Å². The van der Waals surface area contributed by atoms with Gasteiger partial charge in [-0.3, -0.25) is 9.19 Å². The first kappa shape index (κ1) is 11.6. The third kappa shape index (κ3) is 2.50. The summed E-state index contributed by atoms with van der Waals surface area (Å²) in [5, 5.41) is 3.98. The molecule has 4 nitrogen and oxygen atoms in total. The number of halogens is 1. The average molecular weight is 234 g/mol. The topological polar surface area (TPSA) is 54.9 Å². The first-order valence-corrected chi connectivity index (χ1v) is 5.46. The zero-order valence-electron chi connectivity index (χ0n) is 7.55. The highest BCUT2D eigenvalue weighted by atomic mass is 35.5. The van der Waals surface area contributed by atoms with Gasteiger partial charge in [0, 0.05) is 18.9 Å². The molecule has 0 aromatic carbocycles. The van der Waals surface area contributed by atoms with Gasteiger partial charge in [-0.15, -0.1) is 12.4 Å². The monoisotopic (exact) mass is 233 g/mol. The van der Waals surface area contributed by atoms with Gasteiger partial charge in [0.2, 0.25) is 0 Å². The van der Waals surface area contributed by atoms with Crippen LogP contribution in [0.15, 0.2) is 23.6 Å². The number of hydrogen-bond acceptors (Lipinski definition) is 4. The van der Waals surface area contributed by atoms with E-state index in [1.54, 1.807) is 18.6 Å². The van der Waals surface area contributed by atoms with Crippen molar-refractivity contribution in [3.63, 3.8) is 0 Å². The minimum atomic E-state index is -0.995. The summed E-state index contributed by atoms with van der Waals surface area (Å²) in [7, 11) is -0.995. The van der Waals surface area contributed by atoms with E-state index in [4.69, 9.17) is 0 Å². The molecule has 2 heterocycles. The molecule has 78 valence electrons. The van der Waals surface area contributed by atoms with Gasteiger partial charge in [0.25, 0.3) is 0 Å². The Morgan fingerprint density at radius 3 is 2.93 bits per heavy atom. The maximum Gasteiger partial charge on any atom is 0.145 e. The lowest BCUT2D eigenvalue weighted by molar-refractivity contribution is 0.668. The van der Waals surface area contributed by atoms with Crippen LogP contribution in [-0.2, 0) is 10.8 Å². The highest BCUT2D eigenvalue weighted by molar-refractivity contribution is 7.85. The first-order chi connectivity index (χ1) is 6.38. The largest absolute Gasteiger partial charge is 0.315 e. The predicted octanol–water partition coefficient (Wildman–Crippen LogP) is 0.368. The number of aromatic nitrogens is 2. The first-order valence-electron chi connectivity index (χ1n) is 4.25. The van der Waals surface area contributed by atoms with E-state index in [1.165, 1.54) is 0 Å². The Morgan fingerprint density at radius 2 is 2.36 bits per heavy atom. The van der Waals surface area contributed by atoms with Crippen LogP contribution in [0.5, 0.6) is 0 Å². The van der Waals surface area contributed by atoms with E-state index in [-0.39, 0.29) is 17.7 Å². The van der Waals surface area contributed by atoms with E-state index in [9.17, 15) is 4.21 Å². The molecule has 0 saturated carbocycles. The molecule has 1 saturated heterocycles. The summed E-state index contributed by atoms with van der Waals surface area (Å²) >= 11 is 0. The van der Waals surface area contributed by atoms with Gasteiger partial charge in [-0.05, 0) is 13.0 Å². The maximum atomic E-state index is 11.8. The minimum Gasteiger partial charge on any atom is -0.315 e. The third-order valence-electron chi connectivity index (χ3n) is 2.06. The molecule has 0 radical (unpaired) electrons. The van der Waals surface area contributed by atoms with E-state index >= 15 is 0 Å². The summed E-state index contributed by atoms with van der Waals surface area (Å²) in [6.07, 6.45) is 5.71. The second kappa shape index (κ2) is 5.38. The van der Waals surface area contributed by atoms with Gasteiger partial charge in [0.05, 0.1) is 22.2 Å². The molecule has 0 bridgehead atoms. The molecule has 1 aliphatic rings. The van der Waals surface area contributed by atoms with Gasteiger partial charge in [0.15, 0.2) is 0 Å². The predicted molar refractivity (Wildman–Crippen MR) is 57.0 cm³/mol. The average Bonchev–Trinajstić information content (AvgIpc) is 2.71. The molecule has 2 atom stereocenters. The van der Waals surface area contributed by atoms with Crippen molar-refractivity contribution in [3.05, 3.63) is 18.6 Å². The Hall–Kier alpha value is -0.520. The van der Waals surface area contributed by atoms with Gasteiger partial charge in [0.1, 0.15) is 5.03 Å². The molecule has 0 unspecified atom stereocenters. The van der Waals surface area contributed by atoms with Crippen LogP contribution in [0.25, 0.3) is 0 Å². The fraction of sp³-hybridized carbons (Fsp3) is 0.500. The van der Waals surface area contributed by atoms with Crippen molar-refractivity contribution in [1.82, 2.24) is 15.3 Å². The lowest BCUT2D eigenvalue weighted by atomic mass is 10.4. The van der Waals surface area contributed by atoms with Crippen LogP contribution in [0.2, 0.25) is 0 Å². The van der Waals surface area contributed by atoms with Crippen LogP contribution in [0.3, 0.4) is 0 Å². The maximum absolute atomic E-state index is 11.8. The molecular weight excluding hydrogens is 222 g/mol. The lowest BCUT2D eigenvalue weighted by Gasteiger charge is -2.05. The quantitative estimate of drug-likeness (QED) is 0.802. The summed E-state index contributed by atoms with van der Waals surface area (Å²) in [5.74, 6) is 0. The van der Waals surface area contributed by atoms with Crippen molar-refractivity contribution in [1.29, 1.82) is 0 Å². The zero-order valence-corrected chi connectivity index (χ0v) is 9.18. The van der Waals surface area contributed by atoms with Crippen LogP contribution in [0.4, 0.5) is 0 Å². The summed E-state index contributed by atoms with van der Waals surface area (Å²) in [6.45, 7) is 1.78. The summed E-state index contributed by atoms with van der Waals surface area (Å²) in [4.78, 5) is 7.93. The molecule has 0 spiro atoms. The second-order valence-corrected chi connectivity index (χ2v) is 4.64. The van der Waals surface area contributed by atoms with Crippen LogP contribution >= 0.6 is 12.4 Å². The van der Waals surface area contributed by atoms with Crippen molar-refractivity contribution in [2.24, 2.45) is 0 Å². The van der Waals surface area contributed by atoms with Crippen molar-refractivity contribution in [3.8, 4) is 0 Å². The van der Waals surface area contributed by atoms with E-state index in [2.05, 4.69) is 15.3 Å². The number of nitrogens with one attached hydrogen (secondary N) is 1. The lowest BCUT2D eigenvalue weighted by Crippen LogP contribution is -2.19. The zero-order chi connectivity index (χ0) is 9.10. The van der Waals surface area contributed by atoms with E-state index in [1.807, 2.05) is 0 Å². The molecule has 14 heavy (non-hydrogen) atoms. The Bertz CT molecular complexity index is 303. The molecule has 2 rings (SSSR count). The van der Waals surface area contributed by atoms with Gasteiger partial charge in [-0.2, -0.15) is 0 Å². The minimum absolute atomic E-state index is 0. The van der Waals surface area contributed by atoms with E-state index in [0.29, 0.717) is 5.03 Å². The van der Waals surface area contributed by atoms with Crippen LogP contribution in [-0.4, -0.2) is 32.5 Å². The third-order valence-corrected chi connectivity index (χ3v) is 3.69. The number of rotatable bonds is 2. The van der Waals surface area contributed by atoms with Crippen molar-refractivity contribution in [2.75, 3.05) is 13.1 Å². The summed E-state index contributed by atoms with van der Waals surface area (Å²) in [6, 6.07) is 0. The van der Waals surface area contributed by atoms with E-state index in [0.717, 1.165) is 19.5 Å². The molecule has 0 aliphatic carbocycles. The summed E-state index contributed by atoms with van der Waals surface area (Å²) in [5.41, 5.74) is 0. The van der Waals surface area contributed by atoms with Crippen molar-refractivity contribution < 1.29 is 4.21 Å². The van der Waals surface area contributed by atoms with Crippen molar-refractivity contribution >= 4 is 23.2 Å². The fourth-order valence-electron chi connectivity index (χ4n) is 1.37. The van der Waals surface area contributed by atoms with Crippen LogP contribution < -0.4 is 5.32 Å². The second-order valence-electron chi connectivity index (χ2n) is 2.96. The molecule has 1 N–H and O–H groups in total. The highest BCUT2D eigenvalue weighted by Crippen LogP contribution is 2.12. The standard InChI is InChI=1S/C8H11N3OS.ClH/c12-13(7-1-2-9-5-7)8-6-10-3-4-11-8;/h3-4,6-7,9H,1-2,5H2;1H/t7-,13+;/m0./s1. The highest BCUT2D eigenvalue weighted by Gasteiger charge is 2.22. The van der Waals surface area contributed by atoms with Gasteiger partial charge < -0.3 is 5.32 Å². The van der Waals surface area contributed by atoms with Crippen LogP contribution in [0, 0.1) is 0 Å². The molecule has 1 fully saturated rings. The normalized spacial score (nSPS) is 22.7. The molecule has 1 aromatic rings. The molecule has 1 aliphatic heterocycles. The van der Waals surface area contributed by atoms with E-state index < -0.39 is 10.8 Å². The molecule has 0 amide bonds. The fourth-order valence-corrected chi connectivity index (χ4v) is 2.64. The Morgan fingerprint density at radius 1 is 1.50 bits per heavy atom. The van der Waals surface area contributed by atoms with Gasteiger partial charge >= 0.3 is 0 Å². The Kier molecular flexibility index (Phi) is 4.44. The number of hydrogen-bond donors (Lipinski definition) is 1. The van der Waals surface area contributed by atoms with Gasteiger partial charge in [-0.25, -0.2) is 4.98 Å². The smallest absolute Gasteiger partial charge is 0.145 e. The number of nitrogens with zero attached hydrogens (tertiary/aromatic N) is 2. The molecule has 1 aromatic heterocycles. The summed E-state index contributed by atoms with van der Waals surface area (Å²) < 4.78 is 11.8.